The van der Waals surface area contributed by atoms with Crippen molar-refractivity contribution in [1.29, 1.82) is 0 Å². The molecule has 0 saturated carbocycles. The van der Waals surface area contributed by atoms with Crippen LogP contribution in [0, 0.1) is 0 Å². The van der Waals surface area contributed by atoms with E-state index in [1.807, 2.05) is 60.7 Å². The van der Waals surface area contributed by atoms with Gasteiger partial charge in [-0.15, -0.1) is 0 Å². The summed E-state index contributed by atoms with van der Waals surface area (Å²) >= 11 is 0. The molecule has 0 aromatic heterocycles. The normalized spacial score (nSPS) is 11.7. The van der Waals surface area contributed by atoms with Crippen LogP contribution in [0.5, 0.6) is 0 Å². The smallest absolute Gasteiger partial charge is 0.171 e. The molecule has 0 aliphatic rings. The number of hydrogen-bond donors (Lipinski definition) is 0. The molecule has 0 aliphatic carbocycles. The fraction of sp³-hybridized carbons (Fsp3) is 0.0270. The molecular formula is C37H29OP. The molecule has 0 saturated heterocycles. The minimum atomic E-state index is -3.06. The fourth-order valence-electron chi connectivity index (χ4n) is 5.71. The zero-order valence-electron chi connectivity index (χ0n) is 21.6. The van der Waals surface area contributed by atoms with Crippen LogP contribution in [0.25, 0.3) is 0 Å². The highest BCUT2D eigenvalue weighted by molar-refractivity contribution is 7.85. The summed E-state index contributed by atoms with van der Waals surface area (Å²) in [7, 11) is -3.06. The van der Waals surface area contributed by atoms with Gasteiger partial charge in [-0.1, -0.05) is 176 Å². The monoisotopic (exact) mass is 520 g/mol. The standard InChI is InChI=1S/C37H29OP/c38-39(34-22-12-4-13-23-34,35-24-14-5-15-25-35)36-28-26-33(27-29-36)37(30-16-6-1-7-17-30,31-18-8-2-9-19-31)32-20-10-3-11-21-32/h1-29H. The predicted molar refractivity (Wildman–Crippen MR) is 164 cm³/mol. The summed E-state index contributed by atoms with van der Waals surface area (Å²) in [6.45, 7) is 0. The second-order valence-electron chi connectivity index (χ2n) is 9.68. The van der Waals surface area contributed by atoms with Gasteiger partial charge in [0, 0.05) is 15.9 Å². The van der Waals surface area contributed by atoms with Gasteiger partial charge in [0.2, 0.25) is 0 Å². The van der Waals surface area contributed by atoms with E-state index in [0.717, 1.165) is 21.5 Å². The zero-order chi connectivity index (χ0) is 26.5. The Morgan fingerprint density at radius 3 is 0.897 bits per heavy atom. The summed E-state index contributed by atoms with van der Waals surface area (Å²) in [5.74, 6) is 0. The van der Waals surface area contributed by atoms with E-state index in [1.165, 1.54) is 16.7 Å². The van der Waals surface area contributed by atoms with Crippen molar-refractivity contribution in [3.63, 3.8) is 0 Å². The number of hydrogen-bond acceptors (Lipinski definition) is 1. The van der Waals surface area contributed by atoms with Gasteiger partial charge >= 0.3 is 0 Å². The molecule has 0 N–H and O–H groups in total. The largest absolute Gasteiger partial charge is 0.309 e. The van der Waals surface area contributed by atoms with Crippen molar-refractivity contribution in [2.75, 3.05) is 0 Å². The van der Waals surface area contributed by atoms with E-state index >= 15 is 0 Å². The summed E-state index contributed by atoms with van der Waals surface area (Å²) in [5.41, 5.74) is 4.15. The van der Waals surface area contributed by atoms with E-state index < -0.39 is 12.6 Å². The molecule has 6 aromatic carbocycles. The van der Waals surface area contributed by atoms with Crippen molar-refractivity contribution in [3.05, 3.63) is 198 Å². The average Bonchev–Trinajstić information content (AvgIpc) is 3.04. The third-order valence-corrected chi connectivity index (χ3v) is 10.6. The molecule has 0 unspecified atom stereocenters. The highest BCUT2D eigenvalue weighted by Gasteiger charge is 2.39. The van der Waals surface area contributed by atoms with Gasteiger partial charge in [-0.25, -0.2) is 0 Å². The van der Waals surface area contributed by atoms with Crippen LogP contribution in [-0.4, -0.2) is 0 Å². The van der Waals surface area contributed by atoms with Gasteiger partial charge in [0.05, 0.1) is 5.41 Å². The third kappa shape index (κ3) is 4.36. The van der Waals surface area contributed by atoms with Crippen molar-refractivity contribution in [1.82, 2.24) is 0 Å². The van der Waals surface area contributed by atoms with Crippen molar-refractivity contribution in [3.8, 4) is 0 Å². The average molecular weight is 521 g/mol. The minimum absolute atomic E-state index is 0.536. The molecule has 0 spiro atoms. The molecule has 39 heavy (non-hydrogen) atoms. The maximum Gasteiger partial charge on any atom is 0.171 e. The highest BCUT2D eigenvalue weighted by Crippen LogP contribution is 2.46. The molecule has 0 bridgehead atoms. The molecule has 0 atom stereocenters. The molecule has 6 rings (SSSR count). The Labute approximate surface area is 230 Å². The fourth-order valence-corrected chi connectivity index (χ4v) is 8.36. The lowest BCUT2D eigenvalue weighted by atomic mass is 9.65. The van der Waals surface area contributed by atoms with E-state index in [4.69, 9.17) is 0 Å². The lowest BCUT2D eigenvalue weighted by Gasteiger charge is -2.37. The van der Waals surface area contributed by atoms with Crippen molar-refractivity contribution in [2.24, 2.45) is 0 Å². The van der Waals surface area contributed by atoms with E-state index in [0.29, 0.717) is 0 Å². The maximum atomic E-state index is 15.0. The summed E-state index contributed by atoms with van der Waals surface area (Å²) in [6, 6.07) is 60.2. The highest BCUT2D eigenvalue weighted by atomic mass is 31.2. The van der Waals surface area contributed by atoms with Crippen LogP contribution < -0.4 is 15.9 Å². The Hall–Kier alpha value is -4.45. The van der Waals surface area contributed by atoms with Gasteiger partial charge in [0.1, 0.15) is 0 Å². The Kier molecular flexibility index (Phi) is 6.84. The van der Waals surface area contributed by atoms with Gasteiger partial charge in [0.25, 0.3) is 0 Å². The first-order chi connectivity index (χ1) is 19.2. The first-order valence-corrected chi connectivity index (χ1v) is 14.9. The topological polar surface area (TPSA) is 17.1 Å². The van der Waals surface area contributed by atoms with Gasteiger partial charge < -0.3 is 4.57 Å². The summed E-state index contributed by atoms with van der Waals surface area (Å²) in [5, 5.41) is 2.50. The van der Waals surface area contributed by atoms with Crippen LogP contribution in [0.4, 0.5) is 0 Å². The van der Waals surface area contributed by atoms with Crippen LogP contribution in [0.3, 0.4) is 0 Å². The van der Waals surface area contributed by atoms with Gasteiger partial charge in [0.15, 0.2) is 7.14 Å². The van der Waals surface area contributed by atoms with Gasteiger partial charge in [-0.3, -0.25) is 0 Å². The summed E-state index contributed by atoms with van der Waals surface area (Å²) in [6.07, 6.45) is 0. The molecule has 2 heteroatoms. The minimum Gasteiger partial charge on any atom is -0.309 e. The lowest BCUT2D eigenvalue weighted by Crippen LogP contribution is -2.32. The van der Waals surface area contributed by atoms with Crippen molar-refractivity contribution in [2.45, 2.75) is 5.41 Å². The Morgan fingerprint density at radius 2 is 0.564 bits per heavy atom. The second-order valence-corrected chi connectivity index (χ2v) is 12.4. The van der Waals surface area contributed by atoms with Crippen molar-refractivity contribution < 1.29 is 4.57 Å². The SMILES string of the molecule is O=P(c1ccccc1)(c1ccccc1)c1ccc(C(c2ccccc2)(c2ccccc2)c2ccccc2)cc1. The first-order valence-electron chi connectivity index (χ1n) is 13.2. The molecule has 188 valence electrons. The summed E-state index contributed by atoms with van der Waals surface area (Å²) < 4.78 is 15.0. The molecule has 0 heterocycles. The van der Waals surface area contributed by atoms with Gasteiger partial charge in [-0.05, 0) is 22.3 Å². The molecule has 0 amide bonds. The van der Waals surface area contributed by atoms with Crippen molar-refractivity contribution >= 4 is 23.1 Å². The molecular weight excluding hydrogens is 491 g/mol. The van der Waals surface area contributed by atoms with Crippen LogP contribution >= 0.6 is 7.14 Å². The van der Waals surface area contributed by atoms with Crippen LogP contribution in [-0.2, 0) is 9.98 Å². The predicted octanol–water partition coefficient (Wildman–Crippen LogP) is 7.71. The van der Waals surface area contributed by atoms with E-state index in [9.17, 15) is 4.57 Å². The Morgan fingerprint density at radius 1 is 0.308 bits per heavy atom. The molecule has 6 aromatic rings. The van der Waals surface area contributed by atoms with Crippen LogP contribution in [0.2, 0.25) is 0 Å². The molecule has 1 nitrogen and oxygen atoms in total. The van der Waals surface area contributed by atoms with E-state index in [-0.39, 0.29) is 0 Å². The van der Waals surface area contributed by atoms with Gasteiger partial charge in [-0.2, -0.15) is 0 Å². The van der Waals surface area contributed by atoms with E-state index in [2.05, 4.69) is 115 Å². The quantitative estimate of drug-likeness (QED) is 0.156. The number of rotatable bonds is 7. The molecule has 0 fully saturated rings. The lowest BCUT2D eigenvalue weighted by molar-refractivity contribution is 0.592. The summed E-state index contributed by atoms with van der Waals surface area (Å²) in [4.78, 5) is 0. The number of benzene rings is 6. The maximum absolute atomic E-state index is 15.0. The van der Waals surface area contributed by atoms with E-state index in [1.54, 1.807) is 0 Å². The van der Waals surface area contributed by atoms with Crippen LogP contribution in [0.15, 0.2) is 176 Å². The zero-order valence-corrected chi connectivity index (χ0v) is 22.5. The Bertz CT molecular complexity index is 1540. The Balaban J connectivity index is 1.60. The first kappa shape index (κ1) is 24.9. The molecule has 0 radical (unpaired) electrons. The van der Waals surface area contributed by atoms with Crippen LogP contribution in [0.1, 0.15) is 22.3 Å². The molecule has 0 aliphatic heterocycles. The third-order valence-electron chi connectivity index (χ3n) is 7.52. The second kappa shape index (κ2) is 10.7.